The molecule has 0 bridgehead atoms. The summed E-state index contributed by atoms with van der Waals surface area (Å²) in [5.74, 6) is -0.0492. The second kappa shape index (κ2) is 54.0. The van der Waals surface area contributed by atoms with Crippen LogP contribution in [-0.2, 0) is 14.3 Å². The molecule has 0 saturated heterocycles. The molecule has 0 aliphatic carbocycles. The number of nitrogens with one attached hydrogen (secondary N) is 1. The van der Waals surface area contributed by atoms with Gasteiger partial charge in [-0.3, -0.25) is 9.59 Å². The number of hydrogen-bond donors (Lipinski definition) is 3. The summed E-state index contributed by atoms with van der Waals surface area (Å²) >= 11 is 0. The summed E-state index contributed by atoms with van der Waals surface area (Å²) in [4.78, 5) is 24.5. The molecule has 0 rings (SSSR count). The van der Waals surface area contributed by atoms with Gasteiger partial charge in [0.15, 0.2) is 0 Å². The summed E-state index contributed by atoms with van der Waals surface area (Å²) in [6.45, 7) is 4.92. The van der Waals surface area contributed by atoms with Gasteiger partial charge in [0.25, 0.3) is 0 Å². The van der Waals surface area contributed by atoms with Gasteiger partial charge in [-0.25, -0.2) is 0 Å². The van der Waals surface area contributed by atoms with E-state index in [1.54, 1.807) is 0 Å². The lowest BCUT2D eigenvalue weighted by Gasteiger charge is -2.22. The van der Waals surface area contributed by atoms with E-state index in [1.807, 2.05) is 0 Å². The number of esters is 1. The number of rotatable bonds is 53. The molecule has 0 aromatic heterocycles. The summed E-state index contributed by atoms with van der Waals surface area (Å²) in [6, 6.07) is -0.548. The van der Waals surface area contributed by atoms with Crippen molar-refractivity contribution in [1.82, 2.24) is 5.32 Å². The van der Waals surface area contributed by atoms with Crippen molar-refractivity contribution in [3.8, 4) is 0 Å². The third-order valence-electron chi connectivity index (χ3n) is 13.3. The minimum absolute atomic E-state index is 0.00635. The molecular weight excluding hydrogens is 791 g/mol. The van der Waals surface area contributed by atoms with Gasteiger partial charge in [-0.1, -0.05) is 263 Å². The normalized spacial score (nSPS) is 12.8. The van der Waals surface area contributed by atoms with E-state index >= 15 is 0 Å². The molecule has 0 spiro atoms. The predicted molar refractivity (Wildman–Crippen MR) is 278 cm³/mol. The smallest absolute Gasteiger partial charge is 0.305 e. The van der Waals surface area contributed by atoms with Crippen LogP contribution in [0.15, 0.2) is 24.3 Å². The van der Waals surface area contributed by atoms with E-state index in [-0.39, 0.29) is 18.5 Å². The van der Waals surface area contributed by atoms with Gasteiger partial charge in [0.05, 0.1) is 25.4 Å². The number of aliphatic hydroxyl groups excluding tert-OH is 2. The Balaban J connectivity index is 3.42. The highest BCUT2D eigenvalue weighted by atomic mass is 16.5. The fourth-order valence-corrected chi connectivity index (χ4v) is 8.85. The van der Waals surface area contributed by atoms with Crippen molar-refractivity contribution in [3.05, 3.63) is 24.3 Å². The van der Waals surface area contributed by atoms with E-state index in [0.717, 1.165) is 57.8 Å². The molecule has 2 unspecified atom stereocenters. The van der Waals surface area contributed by atoms with Gasteiger partial charge >= 0.3 is 5.97 Å². The first-order chi connectivity index (χ1) is 31.5. The van der Waals surface area contributed by atoms with Gasteiger partial charge in [0.1, 0.15) is 0 Å². The van der Waals surface area contributed by atoms with Crippen LogP contribution in [0.25, 0.3) is 0 Å². The van der Waals surface area contributed by atoms with Crippen molar-refractivity contribution in [2.45, 2.75) is 321 Å². The maximum absolute atomic E-state index is 12.5. The molecular formula is C58H111NO5. The number of carbonyl (C=O) groups excluding carboxylic acids is 2. The molecule has 0 aromatic carbocycles. The van der Waals surface area contributed by atoms with E-state index < -0.39 is 12.1 Å². The second-order valence-corrected chi connectivity index (χ2v) is 19.6. The van der Waals surface area contributed by atoms with Crippen LogP contribution in [0.1, 0.15) is 309 Å². The molecule has 3 N–H and O–H groups in total. The first-order valence-electron chi connectivity index (χ1n) is 28.6. The van der Waals surface area contributed by atoms with Crippen molar-refractivity contribution in [2.75, 3.05) is 13.2 Å². The third kappa shape index (κ3) is 49.8. The summed E-state index contributed by atoms with van der Waals surface area (Å²) in [7, 11) is 0. The zero-order chi connectivity index (χ0) is 46.5. The van der Waals surface area contributed by atoms with Crippen LogP contribution in [0.2, 0.25) is 0 Å². The van der Waals surface area contributed by atoms with Crippen LogP contribution in [0.3, 0.4) is 0 Å². The average molecular weight is 903 g/mol. The Labute approximate surface area is 399 Å². The zero-order valence-corrected chi connectivity index (χ0v) is 43.0. The van der Waals surface area contributed by atoms with Crippen LogP contribution in [0.4, 0.5) is 0 Å². The molecule has 64 heavy (non-hydrogen) atoms. The van der Waals surface area contributed by atoms with Gasteiger partial charge in [0.2, 0.25) is 5.91 Å². The summed E-state index contributed by atoms with van der Waals surface area (Å²) < 4.78 is 5.48. The summed E-state index contributed by atoms with van der Waals surface area (Å²) in [5.41, 5.74) is 0. The van der Waals surface area contributed by atoms with Crippen molar-refractivity contribution >= 4 is 11.9 Å². The zero-order valence-electron chi connectivity index (χ0n) is 43.0. The average Bonchev–Trinajstić information content (AvgIpc) is 3.29. The molecule has 378 valence electrons. The van der Waals surface area contributed by atoms with Crippen molar-refractivity contribution < 1.29 is 24.5 Å². The van der Waals surface area contributed by atoms with Crippen LogP contribution in [0.5, 0.6) is 0 Å². The molecule has 0 saturated carbocycles. The van der Waals surface area contributed by atoms with Gasteiger partial charge < -0.3 is 20.3 Å². The SMILES string of the molecule is CCCCCC/C=C\C/C=C\CCCCCCCCCC(=O)OCCCCCCCCCCCCCCCCCC(=O)NC(CO)C(O)CCCCCCCCCCCCCCCC. The minimum atomic E-state index is -0.670. The monoisotopic (exact) mass is 902 g/mol. The number of allylic oxidation sites excluding steroid dienone is 4. The first-order valence-corrected chi connectivity index (χ1v) is 28.6. The Morgan fingerprint density at radius 2 is 0.781 bits per heavy atom. The highest BCUT2D eigenvalue weighted by molar-refractivity contribution is 5.76. The quantitative estimate of drug-likeness (QED) is 0.0321. The van der Waals surface area contributed by atoms with Crippen LogP contribution in [0, 0.1) is 0 Å². The Morgan fingerprint density at radius 3 is 1.20 bits per heavy atom. The molecule has 0 aliphatic heterocycles. The number of unbranched alkanes of at least 4 members (excludes halogenated alkanes) is 38. The molecule has 1 amide bonds. The first kappa shape index (κ1) is 62.3. The van der Waals surface area contributed by atoms with Gasteiger partial charge in [-0.05, 0) is 57.8 Å². The van der Waals surface area contributed by atoms with E-state index in [2.05, 4.69) is 43.5 Å². The molecule has 0 fully saturated rings. The van der Waals surface area contributed by atoms with Crippen LogP contribution >= 0.6 is 0 Å². The lowest BCUT2D eigenvalue weighted by atomic mass is 10.0. The lowest BCUT2D eigenvalue weighted by molar-refractivity contribution is -0.143. The van der Waals surface area contributed by atoms with Crippen LogP contribution in [-0.4, -0.2) is 47.4 Å². The third-order valence-corrected chi connectivity index (χ3v) is 13.3. The maximum Gasteiger partial charge on any atom is 0.305 e. The van der Waals surface area contributed by atoms with Crippen molar-refractivity contribution in [3.63, 3.8) is 0 Å². The Hall–Kier alpha value is -1.66. The predicted octanol–water partition coefficient (Wildman–Crippen LogP) is 17.5. The number of aliphatic hydroxyl groups is 2. The molecule has 6 nitrogen and oxygen atoms in total. The minimum Gasteiger partial charge on any atom is -0.466 e. The number of hydrogen-bond acceptors (Lipinski definition) is 5. The maximum atomic E-state index is 12.5. The Kier molecular flexibility index (Phi) is 52.6. The topological polar surface area (TPSA) is 95.9 Å². The highest BCUT2D eigenvalue weighted by Crippen LogP contribution is 2.17. The van der Waals surface area contributed by atoms with Gasteiger partial charge in [0, 0.05) is 12.8 Å². The Bertz CT molecular complexity index is 997. The molecule has 0 heterocycles. The molecule has 0 radical (unpaired) electrons. The number of ether oxygens (including phenoxy) is 1. The summed E-state index contributed by atoms with van der Waals surface area (Å²) in [6.07, 6.45) is 64.4. The van der Waals surface area contributed by atoms with E-state index in [1.165, 1.54) is 218 Å². The van der Waals surface area contributed by atoms with Crippen molar-refractivity contribution in [2.24, 2.45) is 0 Å². The number of amides is 1. The largest absolute Gasteiger partial charge is 0.466 e. The van der Waals surface area contributed by atoms with E-state index in [4.69, 9.17) is 4.74 Å². The number of carbonyl (C=O) groups is 2. The fraction of sp³-hybridized carbons (Fsp3) is 0.897. The van der Waals surface area contributed by atoms with E-state index in [0.29, 0.717) is 25.9 Å². The highest BCUT2D eigenvalue weighted by Gasteiger charge is 2.20. The molecule has 0 aromatic rings. The van der Waals surface area contributed by atoms with Crippen LogP contribution < -0.4 is 5.32 Å². The second-order valence-electron chi connectivity index (χ2n) is 19.6. The molecule has 0 aliphatic rings. The molecule has 2 atom stereocenters. The Morgan fingerprint density at radius 1 is 0.438 bits per heavy atom. The molecule has 6 heteroatoms. The lowest BCUT2D eigenvalue weighted by Crippen LogP contribution is -2.45. The van der Waals surface area contributed by atoms with Gasteiger partial charge in [-0.2, -0.15) is 0 Å². The summed E-state index contributed by atoms with van der Waals surface area (Å²) in [5, 5.41) is 23.2. The van der Waals surface area contributed by atoms with E-state index in [9.17, 15) is 19.8 Å². The fourth-order valence-electron chi connectivity index (χ4n) is 8.85. The van der Waals surface area contributed by atoms with Crippen molar-refractivity contribution in [1.29, 1.82) is 0 Å². The van der Waals surface area contributed by atoms with Gasteiger partial charge in [-0.15, -0.1) is 0 Å². The standard InChI is InChI=1S/C58H111NO5/c1-3-5-7-9-11-13-15-17-19-20-21-24-28-32-36-40-44-48-52-58(63)64-53-49-45-41-37-33-29-25-22-23-27-31-35-39-43-47-51-57(62)59-55(54-60)56(61)50-46-42-38-34-30-26-18-16-14-12-10-8-6-4-2/h13,15,19-20,55-56,60-61H,3-12,14,16-18,21-54H2,1-2H3,(H,59,62)/b15-13-,20-19-.